The highest BCUT2D eigenvalue weighted by Gasteiger charge is 2.12. The highest BCUT2D eigenvalue weighted by Crippen LogP contribution is 2.19. The zero-order chi connectivity index (χ0) is 12.1. The summed E-state index contributed by atoms with van der Waals surface area (Å²) in [5, 5.41) is 3.43. The van der Waals surface area contributed by atoms with E-state index in [1.54, 1.807) is 0 Å². The third-order valence-corrected chi connectivity index (χ3v) is 3.69. The molecule has 92 valence electrons. The van der Waals surface area contributed by atoms with Gasteiger partial charge in [0.05, 0.1) is 0 Å². The molecule has 1 heterocycles. The molecule has 1 heteroatoms. The fourth-order valence-electron chi connectivity index (χ4n) is 2.43. The standard InChI is InChI=1S/C16H23N/c1-13-6-8-16(9-7-13)14(2)4-3-5-15-10-11-17-12-15/h4,6-9,15,17H,3,5,10-12H2,1-2H3/b14-4+. The summed E-state index contributed by atoms with van der Waals surface area (Å²) in [5.41, 5.74) is 4.11. The summed E-state index contributed by atoms with van der Waals surface area (Å²) >= 11 is 0. The molecule has 1 unspecified atom stereocenters. The lowest BCUT2D eigenvalue weighted by atomic mass is 9.99. The van der Waals surface area contributed by atoms with Crippen molar-refractivity contribution in [2.24, 2.45) is 5.92 Å². The van der Waals surface area contributed by atoms with E-state index in [9.17, 15) is 0 Å². The van der Waals surface area contributed by atoms with Gasteiger partial charge < -0.3 is 5.32 Å². The first-order chi connectivity index (χ1) is 8.25. The van der Waals surface area contributed by atoms with Gasteiger partial charge in [-0.1, -0.05) is 35.9 Å². The van der Waals surface area contributed by atoms with Crippen LogP contribution in [0.15, 0.2) is 30.3 Å². The van der Waals surface area contributed by atoms with Crippen LogP contribution in [0.1, 0.15) is 37.3 Å². The minimum absolute atomic E-state index is 0.900. The van der Waals surface area contributed by atoms with Crippen molar-refractivity contribution in [1.29, 1.82) is 0 Å². The molecule has 0 aromatic heterocycles. The molecule has 1 atom stereocenters. The molecule has 1 fully saturated rings. The monoisotopic (exact) mass is 229 g/mol. The summed E-state index contributed by atoms with van der Waals surface area (Å²) in [6, 6.07) is 8.82. The largest absolute Gasteiger partial charge is 0.316 e. The average molecular weight is 229 g/mol. The van der Waals surface area contributed by atoms with Crippen molar-refractivity contribution >= 4 is 5.57 Å². The van der Waals surface area contributed by atoms with Gasteiger partial charge in [0.1, 0.15) is 0 Å². The van der Waals surface area contributed by atoms with Crippen molar-refractivity contribution in [2.75, 3.05) is 13.1 Å². The van der Waals surface area contributed by atoms with Gasteiger partial charge in [-0.3, -0.25) is 0 Å². The first-order valence-electron chi connectivity index (χ1n) is 6.70. The third kappa shape index (κ3) is 3.71. The number of allylic oxidation sites excluding steroid dienone is 2. The molecule has 0 radical (unpaired) electrons. The fraction of sp³-hybridized carbons (Fsp3) is 0.500. The topological polar surface area (TPSA) is 12.0 Å². The van der Waals surface area contributed by atoms with E-state index in [0.29, 0.717) is 0 Å². The van der Waals surface area contributed by atoms with Gasteiger partial charge in [-0.05, 0) is 63.3 Å². The van der Waals surface area contributed by atoms with E-state index in [-0.39, 0.29) is 0 Å². The molecule has 1 aromatic carbocycles. The van der Waals surface area contributed by atoms with Gasteiger partial charge >= 0.3 is 0 Å². The number of aryl methyl sites for hydroxylation is 1. The lowest BCUT2D eigenvalue weighted by Gasteiger charge is -2.06. The van der Waals surface area contributed by atoms with Crippen LogP contribution in [0, 0.1) is 12.8 Å². The van der Waals surface area contributed by atoms with Gasteiger partial charge in [0.2, 0.25) is 0 Å². The van der Waals surface area contributed by atoms with Crippen molar-refractivity contribution in [1.82, 2.24) is 5.32 Å². The SMILES string of the molecule is C/C(=C\CCC1CCNC1)c1ccc(C)cc1. The van der Waals surface area contributed by atoms with Gasteiger partial charge in [0, 0.05) is 0 Å². The van der Waals surface area contributed by atoms with Crippen LogP contribution < -0.4 is 5.32 Å². The van der Waals surface area contributed by atoms with E-state index >= 15 is 0 Å². The summed E-state index contributed by atoms with van der Waals surface area (Å²) in [6.07, 6.45) is 6.29. The van der Waals surface area contributed by atoms with E-state index in [1.165, 1.54) is 49.1 Å². The van der Waals surface area contributed by atoms with E-state index < -0.39 is 0 Å². The summed E-state index contributed by atoms with van der Waals surface area (Å²) < 4.78 is 0. The highest BCUT2D eigenvalue weighted by molar-refractivity contribution is 5.63. The molecule has 0 amide bonds. The average Bonchev–Trinajstić information content (AvgIpc) is 2.83. The third-order valence-electron chi connectivity index (χ3n) is 3.69. The van der Waals surface area contributed by atoms with Gasteiger partial charge in [-0.15, -0.1) is 0 Å². The Morgan fingerprint density at radius 1 is 1.35 bits per heavy atom. The number of hydrogen-bond acceptors (Lipinski definition) is 1. The van der Waals surface area contributed by atoms with Gasteiger partial charge in [-0.2, -0.15) is 0 Å². The Hall–Kier alpha value is -1.08. The zero-order valence-electron chi connectivity index (χ0n) is 11.0. The lowest BCUT2D eigenvalue weighted by Crippen LogP contribution is -2.08. The second-order valence-electron chi connectivity index (χ2n) is 5.19. The van der Waals surface area contributed by atoms with Crippen LogP contribution in [0.2, 0.25) is 0 Å². The Bertz CT molecular complexity index is 369. The number of rotatable bonds is 4. The van der Waals surface area contributed by atoms with Crippen LogP contribution >= 0.6 is 0 Å². The molecule has 0 spiro atoms. The van der Waals surface area contributed by atoms with Crippen molar-refractivity contribution in [3.05, 3.63) is 41.5 Å². The van der Waals surface area contributed by atoms with Gasteiger partial charge in [0.15, 0.2) is 0 Å². The maximum Gasteiger partial charge on any atom is -0.00199 e. The molecule has 2 rings (SSSR count). The molecular weight excluding hydrogens is 206 g/mol. The van der Waals surface area contributed by atoms with E-state index in [0.717, 1.165) is 5.92 Å². The second-order valence-corrected chi connectivity index (χ2v) is 5.19. The highest BCUT2D eigenvalue weighted by atomic mass is 14.9. The Kier molecular flexibility index (Phi) is 4.38. The van der Waals surface area contributed by atoms with Crippen molar-refractivity contribution in [3.63, 3.8) is 0 Å². The molecule has 17 heavy (non-hydrogen) atoms. The molecule has 1 aliphatic rings. The van der Waals surface area contributed by atoms with Crippen LogP contribution in [0.5, 0.6) is 0 Å². The molecule has 1 nitrogen and oxygen atoms in total. The Labute approximate surface area is 105 Å². The minimum atomic E-state index is 0.900. The Morgan fingerprint density at radius 3 is 2.76 bits per heavy atom. The second kappa shape index (κ2) is 6.02. The lowest BCUT2D eigenvalue weighted by molar-refractivity contribution is 0.539. The maximum absolute atomic E-state index is 3.43. The first kappa shape index (κ1) is 12.4. The minimum Gasteiger partial charge on any atom is -0.316 e. The van der Waals surface area contributed by atoms with Gasteiger partial charge in [0.25, 0.3) is 0 Å². The molecule has 1 saturated heterocycles. The van der Waals surface area contributed by atoms with Gasteiger partial charge in [-0.25, -0.2) is 0 Å². The van der Waals surface area contributed by atoms with E-state index in [1.807, 2.05) is 0 Å². The molecule has 0 aliphatic carbocycles. The summed E-state index contributed by atoms with van der Waals surface area (Å²) in [7, 11) is 0. The fourth-order valence-corrected chi connectivity index (χ4v) is 2.43. The number of nitrogens with one attached hydrogen (secondary N) is 1. The summed E-state index contributed by atoms with van der Waals surface area (Å²) in [5.74, 6) is 0.900. The van der Waals surface area contributed by atoms with Crippen molar-refractivity contribution in [2.45, 2.75) is 33.1 Å². The Morgan fingerprint density at radius 2 is 2.12 bits per heavy atom. The Balaban J connectivity index is 1.85. The summed E-state index contributed by atoms with van der Waals surface area (Å²) in [6.45, 7) is 6.79. The van der Waals surface area contributed by atoms with Crippen LogP contribution in [0.3, 0.4) is 0 Å². The zero-order valence-corrected chi connectivity index (χ0v) is 11.0. The smallest absolute Gasteiger partial charge is 0.00199 e. The van der Waals surface area contributed by atoms with Crippen LogP contribution in [-0.4, -0.2) is 13.1 Å². The molecule has 1 N–H and O–H groups in total. The maximum atomic E-state index is 3.43. The summed E-state index contributed by atoms with van der Waals surface area (Å²) in [4.78, 5) is 0. The number of hydrogen-bond donors (Lipinski definition) is 1. The molecule has 0 saturated carbocycles. The molecule has 1 aliphatic heterocycles. The van der Waals surface area contributed by atoms with Crippen molar-refractivity contribution in [3.8, 4) is 0 Å². The van der Waals surface area contributed by atoms with Crippen LogP contribution in [0.4, 0.5) is 0 Å². The van der Waals surface area contributed by atoms with Crippen molar-refractivity contribution < 1.29 is 0 Å². The molecular formula is C16H23N. The van der Waals surface area contributed by atoms with E-state index in [4.69, 9.17) is 0 Å². The predicted octanol–water partition coefficient (Wildman–Crippen LogP) is 3.79. The molecule has 1 aromatic rings. The van der Waals surface area contributed by atoms with Crippen LogP contribution in [-0.2, 0) is 0 Å². The normalized spacial score (nSPS) is 20.8. The predicted molar refractivity (Wildman–Crippen MR) is 75.0 cm³/mol. The first-order valence-corrected chi connectivity index (χ1v) is 6.70. The number of benzene rings is 1. The molecule has 0 bridgehead atoms. The van der Waals surface area contributed by atoms with E-state index in [2.05, 4.69) is 49.5 Å². The van der Waals surface area contributed by atoms with Crippen LogP contribution in [0.25, 0.3) is 5.57 Å². The quantitative estimate of drug-likeness (QED) is 0.828.